The number of benzene rings is 1. The molecule has 0 fully saturated rings. The van der Waals surface area contributed by atoms with Gasteiger partial charge in [-0.1, -0.05) is 43.3 Å². The summed E-state index contributed by atoms with van der Waals surface area (Å²) in [5, 5.41) is 0. The Morgan fingerprint density at radius 3 is 2.62 bits per heavy atom. The van der Waals surface area contributed by atoms with Gasteiger partial charge in [0.05, 0.1) is 17.2 Å². The highest BCUT2D eigenvalue weighted by molar-refractivity contribution is 7.99. The number of furan rings is 1. The van der Waals surface area contributed by atoms with Gasteiger partial charge in [-0.05, 0) is 31.0 Å². The maximum absolute atomic E-state index is 5.71. The minimum atomic E-state index is 0.224. The fourth-order valence-corrected chi connectivity index (χ4v) is 3.00. The Balaban J connectivity index is 1.81. The average molecular weight is 301 g/mol. The van der Waals surface area contributed by atoms with Gasteiger partial charge < -0.3 is 9.15 Å². The Kier molecular flexibility index (Phi) is 4.06. The van der Waals surface area contributed by atoms with Gasteiger partial charge in [-0.25, -0.2) is 4.99 Å². The van der Waals surface area contributed by atoms with Crippen molar-refractivity contribution < 1.29 is 9.15 Å². The topological polar surface area (TPSA) is 34.7 Å². The molecule has 1 aromatic carbocycles. The molecule has 2 aromatic rings. The van der Waals surface area contributed by atoms with Crippen molar-refractivity contribution in [3.63, 3.8) is 0 Å². The van der Waals surface area contributed by atoms with Crippen LogP contribution in [0.2, 0.25) is 0 Å². The van der Waals surface area contributed by atoms with E-state index in [2.05, 4.69) is 50.0 Å². The van der Waals surface area contributed by atoms with Crippen LogP contribution in [0, 0.1) is 12.8 Å². The van der Waals surface area contributed by atoms with Gasteiger partial charge in [0.2, 0.25) is 5.76 Å². The molecule has 0 bridgehead atoms. The third-order valence-electron chi connectivity index (χ3n) is 3.52. The highest BCUT2D eigenvalue weighted by Gasteiger charge is 2.26. The van der Waals surface area contributed by atoms with E-state index in [1.807, 2.05) is 6.07 Å². The SMILES string of the molecule is Cc1ccc(Sc2ccoc2C2=N[C@@H](C(C)C)CO2)cc1. The van der Waals surface area contributed by atoms with E-state index in [0.29, 0.717) is 18.4 Å². The molecule has 21 heavy (non-hydrogen) atoms. The van der Waals surface area contributed by atoms with E-state index in [4.69, 9.17) is 9.15 Å². The molecule has 1 aromatic heterocycles. The van der Waals surface area contributed by atoms with Crippen molar-refractivity contribution in [3.8, 4) is 0 Å². The Morgan fingerprint density at radius 1 is 1.19 bits per heavy atom. The molecule has 4 heteroatoms. The zero-order valence-electron chi connectivity index (χ0n) is 12.5. The van der Waals surface area contributed by atoms with Gasteiger partial charge in [0, 0.05) is 4.90 Å². The van der Waals surface area contributed by atoms with E-state index < -0.39 is 0 Å². The fraction of sp³-hybridized carbons (Fsp3) is 0.353. The maximum Gasteiger partial charge on any atom is 0.254 e. The molecule has 0 amide bonds. The van der Waals surface area contributed by atoms with Crippen molar-refractivity contribution in [2.75, 3.05) is 6.61 Å². The van der Waals surface area contributed by atoms with E-state index >= 15 is 0 Å². The van der Waals surface area contributed by atoms with Crippen LogP contribution in [-0.2, 0) is 4.74 Å². The molecule has 1 aliphatic heterocycles. The molecular weight excluding hydrogens is 282 g/mol. The zero-order chi connectivity index (χ0) is 14.8. The van der Waals surface area contributed by atoms with Crippen LogP contribution in [-0.4, -0.2) is 18.5 Å². The molecule has 3 nitrogen and oxygen atoms in total. The lowest BCUT2D eigenvalue weighted by Crippen LogP contribution is -2.13. The number of hydrogen-bond donors (Lipinski definition) is 0. The summed E-state index contributed by atoms with van der Waals surface area (Å²) in [6, 6.07) is 10.6. The summed E-state index contributed by atoms with van der Waals surface area (Å²) in [5.74, 6) is 1.85. The highest BCUT2D eigenvalue weighted by atomic mass is 32.2. The van der Waals surface area contributed by atoms with E-state index in [1.165, 1.54) is 10.5 Å². The van der Waals surface area contributed by atoms with Crippen molar-refractivity contribution in [1.82, 2.24) is 0 Å². The number of rotatable bonds is 4. The first kappa shape index (κ1) is 14.3. The second-order valence-corrected chi connectivity index (χ2v) is 6.70. The van der Waals surface area contributed by atoms with Gasteiger partial charge in [-0.2, -0.15) is 0 Å². The van der Waals surface area contributed by atoms with E-state index in [9.17, 15) is 0 Å². The summed E-state index contributed by atoms with van der Waals surface area (Å²) in [5.41, 5.74) is 1.26. The molecule has 0 saturated heterocycles. The predicted octanol–water partition coefficient (Wildman–Crippen LogP) is 4.54. The van der Waals surface area contributed by atoms with Crippen LogP contribution in [0.15, 0.2) is 55.8 Å². The van der Waals surface area contributed by atoms with Crippen molar-refractivity contribution in [1.29, 1.82) is 0 Å². The van der Waals surface area contributed by atoms with Crippen LogP contribution in [0.4, 0.5) is 0 Å². The number of hydrogen-bond acceptors (Lipinski definition) is 4. The number of nitrogens with zero attached hydrogens (tertiary/aromatic N) is 1. The molecule has 0 unspecified atom stereocenters. The normalized spacial score (nSPS) is 17.9. The van der Waals surface area contributed by atoms with Crippen LogP contribution in [0.5, 0.6) is 0 Å². The van der Waals surface area contributed by atoms with Gasteiger partial charge in [-0.3, -0.25) is 0 Å². The third-order valence-corrected chi connectivity index (χ3v) is 4.56. The third kappa shape index (κ3) is 3.16. The van der Waals surface area contributed by atoms with Crippen molar-refractivity contribution in [3.05, 3.63) is 47.9 Å². The average Bonchev–Trinajstić information content (AvgIpc) is 3.09. The molecule has 3 rings (SSSR count). The van der Waals surface area contributed by atoms with Gasteiger partial charge in [-0.15, -0.1) is 0 Å². The second-order valence-electron chi connectivity index (χ2n) is 5.59. The fourth-order valence-electron chi connectivity index (χ4n) is 2.12. The predicted molar refractivity (Wildman–Crippen MR) is 85.1 cm³/mol. The summed E-state index contributed by atoms with van der Waals surface area (Å²) < 4.78 is 11.3. The molecule has 0 radical (unpaired) electrons. The van der Waals surface area contributed by atoms with Crippen LogP contribution >= 0.6 is 11.8 Å². The van der Waals surface area contributed by atoms with Gasteiger partial charge in [0.15, 0.2) is 0 Å². The van der Waals surface area contributed by atoms with E-state index in [1.54, 1.807) is 18.0 Å². The maximum atomic E-state index is 5.71. The Labute approximate surface area is 129 Å². The van der Waals surface area contributed by atoms with Crippen LogP contribution in [0.3, 0.4) is 0 Å². The Bertz CT molecular complexity index is 643. The first-order chi connectivity index (χ1) is 10.1. The minimum absolute atomic E-state index is 0.224. The lowest BCUT2D eigenvalue weighted by atomic mass is 10.1. The molecule has 2 heterocycles. The van der Waals surface area contributed by atoms with Crippen LogP contribution in [0.1, 0.15) is 25.2 Å². The van der Waals surface area contributed by atoms with Gasteiger partial charge in [0.25, 0.3) is 5.90 Å². The van der Waals surface area contributed by atoms with Crippen LogP contribution < -0.4 is 0 Å². The summed E-state index contributed by atoms with van der Waals surface area (Å²) >= 11 is 1.67. The Hall–Kier alpha value is -1.68. The minimum Gasteiger partial charge on any atom is -0.473 e. The van der Waals surface area contributed by atoms with Gasteiger partial charge >= 0.3 is 0 Å². The smallest absolute Gasteiger partial charge is 0.254 e. The molecule has 1 atom stereocenters. The highest BCUT2D eigenvalue weighted by Crippen LogP contribution is 2.33. The van der Waals surface area contributed by atoms with E-state index in [-0.39, 0.29) is 6.04 Å². The summed E-state index contributed by atoms with van der Waals surface area (Å²) in [6.45, 7) is 7.04. The van der Waals surface area contributed by atoms with E-state index in [0.717, 1.165) is 10.7 Å². The number of ether oxygens (including phenoxy) is 1. The summed E-state index contributed by atoms with van der Waals surface area (Å²) in [7, 11) is 0. The Morgan fingerprint density at radius 2 is 1.95 bits per heavy atom. The lowest BCUT2D eigenvalue weighted by molar-refractivity contribution is 0.286. The zero-order valence-corrected chi connectivity index (χ0v) is 13.3. The first-order valence-electron chi connectivity index (χ1n) is 7.16. The second kappa shape index (κ2) is 5.98. The largest absolute Gasteiger partial charge is 0.473 e. The quantitative estimate of drug-likeness (QED) is 0.831. The molecule has 1 aliphatic rings. The lowest BCUT2D eigenvalue weighted by Gasteiger charge is -2.06. The van der Waals surface area contributed by atoms with Crippen LogP contribution in [0.25, 0.3) is 0 Å². The number of aliphatic imine (C=N–C) groups is 1. The standard InChI is InChI=1S/C17H19NO2S/c1-11(2)14-10-20-17(18-14)16-15(8-9-19-16)21-13-6-4-12(3)5-7-13/h4-9,11,14H,10H2,1-3H3/t14-/m1/s1. The molecule has 110 valence electrons. The molecule has 0 spiro atoms. The molecule has 0 aliphatic carbocycles. The molecule has 0 saturated carbocycles. The first-order valence-corrected chi connectivity index (χ1v) is 7.98. The van der Waals surface area contributed by atoms with Crippen molar-refractivity contribution in [2.45, 2.75) is 36.6 Å². The summed E-state index contributed by atoms with van der Waals surface area (Å²) in [6.07, 6.45) is 1.69. The van der Waals surface area contributed by atoms with Gasteiger partial charge in [0.1, 0.15) is 6.61 Å². The number of aryl methyl sites for hydroxylation is 1. The van der Waals surface area contributed by atoms with Crippen molar-refractivity contribution in [2.24, 2.45) is 10.9 Å². The molecular formula is C17H19NO2S. The molecule has 0 N–H and O–H groups in total. The summed E-state index contributed by atoms with van der Waals surface area (Å²) in [4.78, 5) is 6.86. The monoisotopic (exact) mass is 301 g/mol. The van der Waals surface area contributed by atoms with Crippen molar-refractivity contribution >= 4 is 17.7 Å².